The zero-order valence-corrected chi connectivity index (χ0v) is 10.1. The monoisotopic (exact) mass is 246 g/mol. The Morgan fingerprint density at radius 3 is 3.17 bits per heavy atom. The number of carbonyl (C=O) groups is 1. The Hall–Kier alpha value is -2.31. The first-order valence-electron chi connectivity index (χ1n) is 5.84. The van der Waals surface area contributed by atoms with Crippen LogP contribution >= 0.6 is 0 Å². The molecule has 0 saturated carbocycles. The van der Waals surface area contributed by atoms with Crippen LogP contribution < -0.4 is 10.6 Å². The number of aromatic nitrogens is 4. The maximum absolute atomic E-state index is 12.0. The van der Waals surface area contributed by atoms with Gasteiger partial charge in [0.15, 0.2) is 5.82 Å². The largest absolute Gasteiger partial charge is 0.356 e. The van der Waals surface area contributed by atoms with Crippen LogP contribution in [0, 0.1) is 0 Å². The predicted octanol–water partition coefficient (Wildman–Crippen LogP) is 0.684. The zero-order valence-electron chi connectivity index (χ0n) is 10.1. The number of nitrogens with one attached hydrogen (secondary N) is 2. The number of aryl methyl sites for hydroxylation is 2. The van der Waals surface area contributed by atoms with Crippen molar-refractivity contribution in [1.29, 1.82) is 0 Å². The lowest BCUT2D eigenvalue weighted by atomic mass is 10.4. The topological polar surface area (TPSA) is 76.8 Å². The standard InChI is InChI=1S/C11H14N6O/c1-16-6-3-9(15-16)14-10(18)8-7-17-5-2-4-12-11(17)13-8/h3,6-7H,2,4-5H2,1H3,(H,12,13)(H,14,15,18). The highest BCUT2D eigenvalue weighted by molar-refractivity contribution is 6.02. The molecule has 7 heteroatoms. The Bertz CT molecular complexity index is 561. The van der Waals surface area contributed by atoms with E-state index in [4.69, 9.17) is 0 Å². The first-order chi connectivity index (χ1) is 8.72. The van der Waals surface area contributed by atoms with E-state index in [9.17, 15) is 4.79 Å². The van der Waals surface area contributed by atoms with Gasteiger partial charge in [-0.15, -0.1) is 0 Å². The summed E-state index contributed by atoms with van der Waals surface area (Å²) in [7, 11) is 1.80. The van der Waals surface area contributed by atoms with E-state index in [1.165, 1.54) is 0 Å². The average Bonchev–Trinajstić information content (AvgIpc) is 2.95. The van der Waals surface area contributed by atoms with Gasteiger partial charge in [-0.1, -0.05) is 0 Å². The Balaban J connectivity index is 1.78. The summed E-state index contributed by atoms with van der Waals surface area (Å²) in [6.45, 7) is 1.80. The van der Waals surface area contributed by atoms with Crippen LogP contribution in [0.15, 0.2) is 18.5 Å². The van der Waals surface area contributed by atoms with Gasteiger partial charge in [-0.25, -0.2) is 4.98 Å². The molecule has 1 aliphatic heterocycles. The molecule has 0 unspecified atom stereocenters. The van der Waals surface area contributed by atoms with E-state index in [0.29, 0.717) is 11.5 Å². The van der Waals surface area contributed by atoms with Crippen molar-refractivity contribution in [2.75, 3.05) is 17.2 Å². The number of imidazole rings is 1. The molecule has 7 nitrogen and oxygen atoms in total. The van der Waals surface area contributed by atoms with Gasteiger partial charge in [0, 0.05) is 38.6 Å². The van der Waals surface area contributed by atoms with Gasteiger partial charge in [0.05, 0.1) is 0 Å². The van der Waals surface area contributed by atoms with Crippen LogP contribution in [-0.2, 0) is 13.6 Å². The fourth-order valence-electron chi connectivity index (χ4n) is 1.95. The molecule has 0 fully saturated rings. The summed E-state index contributed by atoms with van der Waals surface area (Å²) in [5.74, 6) is 1.05. The summed E-state index contributed by atoms with van der Waals surface area (Å²) in [6.07, 6.45) is 4.58. The van der Waals surface area contributed by atoms with Crippen molar-refractivity contribution in [3.8, 4) is 0 Å². The van der Waals surface area contributed by atoms with Crippen molar-refractivity contribution in [1.82, 2.24) is 19.3 Å². The lowest BCUT2D eigenvalue weighted by molar-refractivity contribution is 0.102. The highest BCUT2D eigenvalue weighted by Crippen LogP contribution is 2.15. The van der Waals surface area contributed by atoms with Crippen LogP contribution in [-0.4, -0.2) is 31.8 Å². The van der Waals surface area contributed by atoms with E-state index in [-0.39, 0.29) is 5.91 Å². The van der Waals surface area contributed by atoms with Gasteiger partial charge in [0.2, 0.25) is 5.95 Å². The second kappa shape index (κ2) is 4.17. The summed E-state index contributed by atoms with van der Waals surface area (Å²) in [5, 5.41) is 9.96. The predicted molar refractivity (Wildman–Crippen MR) is 66.5 cm³/mol. The minimum absolute atomic E-state index is 0.239. The van der Waals surface area contributed by atoms with Crippen LogP contribution in [0.2, 0.25) is 0 Å². The van der Waals surface area contributed by atoms with Gasteiger partial charge in [0.1, 0.15) is 5.69 Å². The first kappa shape index (κ1) is 10.8. The van der Waals surface area contributed by atoms with E-state index < -0.39 is 0 Å². The molecule has 94 valence electrons. The van der Waals surface area contributed by atoms with Crippen LogP contribution in [0.4, 0.5) is 11.8 Å². The molecule has 1 amide bonds. The summed E-state index contributed by atoms with van der Waals surface area (Å²) in [4.78, 5) is 16.2. The smallest absolute Gasteiger partial charge is 0.277 e. The molecule has 0 aromatic carbocycles. The van der Waals surface area contributed by atoms with E-state index in [2.05, 4.69) is 20.7 Å². The van der Waals surface area contributed by atoms with Gasteiger partial charge in [-0.2, -0.15) is 5.10 Å². The summed E-state index contributed by atoms with van der Waals surface area (Å²) < 4.78 is 3.59. The van der Waals surface area contributed by atoms with Crippen molar-refractivity contribution in [3.63, 3.8) is 0 Å². The number of fused-ring (bicyclic) bond motifs is 1. The number of hydrogen-bond acceptors (Lipinski definition) is 4. The lowest BCUT2D eigenvalue weighted by Crippen LogP contribution is -2.16. The molecule has 0 spiro atoms. The van der Waals surface area contributed by atoms with Crippen molar-refractivity contribution in [2.24, 2.45) is 7.05 Å². The molecule has 2 N–H and O–H groups in total. The van der Waals surface area contributed by atoms with Gasteiger partial charge in [0.25, 0.3) is 5.91 Å². The minimum atomic E-state index is -0.239. The molecular formula is C11H14N6O. The molecule has 18 heavy (non-hydrogen) atoms. The number of anilines is 2. The number of hydrogen-bond donors (Lipinski definition) is 2. The van der Waals surface area contributed by atoms with Crippen molar-refractivity contribution < 1.29 is 4.79 Å². The molecule has 2 aromatic rings. The third-order valence-electron chi connectivity index (χ3n) is 2.82. The van der Waals surface area contributed by atoms with Crippen molar-refractivity contribution in [2.45, 2.75) is 13.0 Å². The molecule has 0 atom stereocenters. The molecule has 1 aliphatic rings. The Labute approximate surface area is 104 Å². The first-order valence-corrected chi connectivity index (χ1v) is 5.84. The molecular weight excluding hydrogens is 232 g/mol. The molecule has 0 radical (unpaired) electrons. The maximum Gasteiger partial charge on any atom is 0.277 e. The molecule has 0 saturated heterocycles. The number of amides is 1. The third kappa shape index (κ3) is 1.94. The van der Waals surface area contributed by atoms with Gasteiger partial charge < -0.3 is 15.2 Å². The second-order valence-corrected chi connectivity index (χ2v) is 4.25. The second-order valence-electron chi connectivity index (χ2n) is 4.25. The number of carbonyl (C=O) groups excluding carboxylic acids is 1. The quantitative estimate of drug-likeness (QED) is 0.817. The molecule has 0 bridgehead atoms. The van der Waals surface area contributed by atoms with Gasteiger partial charge >= 0.3 is 0 Å². The van der Waals surface area contributed by atoms with E-state index >= 15 is 0 Å². The summed E-state index contributed by atoms with van der Waals surface area (Å²) >= 11 is 0. The van der Waals surface area contributed by atoms with Gasteiger partial charge in [-0.05, 0) is 6.42 Å². The van der Waals surface area contributed by atoms with E-state index in [1.54, 1.807) is 30.2 Å². The van der Waals surface area contributed by atoms with Crippen LogP contribution in [0.3, 0.4) is 0 Å². The molecule has 0 aliphatic carbocycles. The Morgan fingerprint density at radius 2 is 2.44 bits per heavy atom. The summed E-state index contributed by atoms with van der Waals surface area (Å²) in [6, 6.07) is 1.74. The van der Waals surface area contributed by atoms with Crippen molar-refractivity contribution in [3.05, 3.63) is 24.2 Å². The average molecular weight is 246 g/mol. The summed E-state index contributed by atoms with van der Waals surface area (Å²) in [5.41, 5.74) is 0.407. The van der Waals surface area contributed by atoms with E-state index in [1.807, 2.05) is 4.57 Å². The zero-order chi connectivity index (χ0) is 12.5. The molecule has 2 aromatic heterocycles. The number of rotatable bonds is 2. The van der Waals surface area contributed by atoms with Crippen molar-refractivity contribution >= 4 is 17.7 Å². The molecule has 3 heterocycles. The fourth-order valence-corrected chi connectivity index (χ4v) is 1.95. The van der Waals surface area contributed by atoms with Crippen LogP contribution in [0.1, 0.15) is 16.9 Å². The maximum atomic E-state index is 12.0. The number of nitrogens with zero attached hydrogens (tertiary/aromatic N) is 4. The van der Waals surface area contributed by atoms with Crippen LogP contribution in [0.25, 0.3) is 0 Å². The third-order valence-corrected chi connectivity index (χ3v) is 2.82. The van der Waals surface area contributed by atoms with Crippen LogP contribution in [0.5, 0.6) is 0 Å². The lowest BCUT2D eigenvalue weighted by Gasteiger charge is -2.14. The minimum Gasteiger partial charge on any atom is -0.356 e. The highest BCUT2D eigenvalue weighted by Gasteiger charge is 2.16. The fraction of sp³-hybridized carbons (Fsp3) is 0.364. The molecule has 3 rings (SSSR count). The van der Waals surface area contributed by atoms with E-state index in [0.717, 1.165) is 25.5 Å². The Morgan fingerprint density at radius 1 is 1.56 bits per heavy atom. The SMILES string of the molecule is Cn1ccc(NC(=O)c2cn3c(n2)NCCC3)n1. The highest BCUT2D eigenvalue weighted by atomic mass is 16.2. The normalized spacial score (nSPS) is 13.8. The van der Waals surface area contributed by atoms with Gasteiger partial charge in [-0.3, -0.25) is 9.48 Å². The Kier molecular flexibility index (Phi) is 2.51.